The average Bonchev–Trinajstić information content (AvgIpc) is 2.46. The molecular weight excluding hydrogens is 242 g/mol. The smallest absolute Gasteiger partial charge is 0.130 e. The van der Waals surface area contributed by atoms with Crippen LogP contribution in [0, 0.1) is 0 Å². The van der Waals surface area contributed by atoms with Gasteiger partial charge in [-0.2, -0.15) is 0 Å². The van der Waals surface area contributed by atoms with Gasteiger partial charge < -0.3 is 14.6 Å². The number of aldehydes is 1. The summed E-state index contributed by atoms with van der Waals surface area (Å²) in [7, 11) is 0. The Morgan fingerprint density at radius 3 is 2.79 bits per heavy atom. The zero-order valence-corrected chi connectivity index (χ0v) is 11.3. The standard InChI is InChI=1S/C15H21NO3/c1-15(12-17,13-3-2-4-14(18)11-13)5-6-16-7-9-19-10-8-16/h2-4,11-12,18H,5-10H2,1H3. The highest BCUT2D eigenvalue weighted by Gasteiger charge is 2.27. The summed E-state index contributed by atoms with van der Waals surface area (Å²) in [5.74, 6) is 0.206. The van der Waals surface area contributed by atoms with Crippen LogP contribution in [0.5, 0.6) is 5.75 Å². The number of rotatable bonds is 5. The predicted molar refractivity (Wildman–Crippen MR) is 73.4 cm³/mol. The van der Waals surface area contributed by atoms with Gasteiger partial charge in [-0.25, -0.2) is 0 Å². The summed E-state index contributed by atoms with van der Waals surface area (Å²) >= 11 is 0. The number of ether oxygens (including phenoxy) is 1. The van der Waals surface area contributed by atoms with Crippen molar-refractivity contribution in [3.05, 3.63) is 29.8 Å². The van der Waals surface area contributed by atoms with E-state index >= 15 is 0 Å². The number of phenolic OH excluding ortho intramolecular Hbond substituents is 1. The second-order valence-corrected chi connectivity index (χ2v) is 5.29. The van der Waals surface area contributed by atoms with Crippen molar-refractivity contribution in [2.45, 2.75) is 18.8 Å². The first-order valence-corrected chi connectivity index (χ1v) is 6.70. The zero-order valence-electron chi connectivity index (χ0n) is 11.3. The fourth-order valence-electron chi connectivity index (χ4n) is 2.35. The Morgan fingerprint density at radius 1 is 1.42 bits per heavy atom. The fraction of sp³-hybridized carbons (Fsp3) is 0.533. The number of hydrogen-bond donors (Lipinski definition) is 1. The van der Waals surface area contributed by atoms with Gasteiger partial charge >= 0.3 is 0 Å². The van der Waals surface area contributed by atoms with E-state index in [0.29, 0.717) is 0 Å². The Labute approximate surface area is 114 Å². The van der Waals surface area contributed by atoms with Crippen molar-refractivity contribution in [1.29, 1.82) is 0 Å². The number of benzene rings is 1. The van der Waals surface area contributed by atoms with Gasteiger partial charge in [-0.1, -0.05) is 12.1 Å². The maximum absolute atomic E-state index is 11.5. The van der Waals surface area contributed by atoms with Crippen LogP contribution in [0.3, 0.4) is 0 Å². The molecular formula is C15H21NO3. The van der Waals surface area contributed by atoms with E-state index in [0.717, 1.165) is 51.1 Å². The number of morpholine rings is 1. The molecule has 0 radical (unpaired) electrons. The van der Waals surface area contributed by atoms with Crippen LogP contribution in [0.25, 0.3) is 0 Å². The van der Waals surface area contributed by atoms with Gasteiger partial charge in [-0.3, -0.25) is 4.90 Å². The van der Waals surface area contributed by atoms with Gasteiger partial charge in [0.05, 0.1) is 13.2 Å². The molecule has 0 amide bonds. The summed E-state index contributed by atoms with van der Waals surface area (Å²) in [5.41, 5.74) is 0.326. The molecule has 0 spiro atoms. The predicted octanol–water partition coefficient (Wildman–Crippen LogP) is 1.57. The molecule has 1 aromatic rings. The van der Waals surface area contributed by atoms with Crippen LogP contribution < -0.4 is 0 Å². The number of aromatic hydroxyl groups is 1. The molecule has 1 unspecified atom stereocenters. The third-order valence-electron chi connectivity index (χ3n) is 3.82. The van der Waals surface area contributed by atoms with Gasteiger partial charge in [-0.05, 0) is 37.6 Å². The second-order valence-electron chi connectivity index (χ2n) is 5.29. The molecule has 1 heterocycles. The van der Waals surface area contributed by atoms with Gasteiger partial charge in [0.25, 0.3) is 0 Å². The quantitative estimate of drug-likeness (QED) is 0.819. The molecule has 1 aliphatic heterocycles. The number of phenols is 1. The molecule has 1 fully saturated rings. The summed E-state index contributed by atoms with van der Waals surface area (Å²) in [6.07, 6.45) is 1.74. The summed E-state index contributed by atoms with van der Waals surface area (Å²) in [6.45, 7) is 6.18. The number of nitrogens with zero attached hydrogens (tertiary/aromatic N) is 1. The van der Waals surface area contributed by atoms with E-state index in [1.807, 2.05) is 13.0 Å². The van der Waals surface area contributed by atoms with Gasteiger partial charge in [0.1, 0.15) is 12.0 Å². The molecule has 0 bridgehead atoms. The minimum atomic E-state index is -0.545. The summed E-state index contributed by atoms with van der Waals surface area (Å²) in [5, 5.41) is 9.55. The van der Waals surface area contributed by atoms with E-state index in [9.17, 15) is 9.90 Å². The molecule has 1 N–H and O–H groups in total. The molecule has 4 nitrogen and oxygen atoms in total. The molecule has 2 rings (SSSR count). The molecule has 0 saturated carbocycles. The van der Waals surface area contributed by atoms with E-state index in [4.69, 9.17) is 4.74 Å². The maximum atomic E-state index is 11.5. The second kappa shape index (κ2) is 6.17. The molecule has 0 aromatic heterocycles. The van der Waals surface area contributed by atoms with Crippen LogP contribution in [0.2, 0.25) is 0 Å². The first-order chi connectivity index (χ1) is 9.14. The highest BCUT2D eigenvalue weighted by atomic mass is 16.5. The zero-order chi connectivity index (χ0) is 13.7. The Hall–Kier alpha value is -1.39. The lowest BCUT2D eigenvalue weighted by Crippen LogP contribution is -2.39. The number of hydrogen-bond acceptors (Lipinski definition) is 4. The monoisotopic (exact) mass is 263 g/mol. The summed E-state index contributed by atoms with van der Waals surface area (Å²) < 4.78 is 5.31. The summed E-state index contributed by atoms with van der Waals surface area (Å²) in [4.78, 5) is 13.8. The Kier molecular flexibility index (Phi) is 4.56. The highest BCUT2D eigenvalue weighted by Crippen LogP contribution is 2.28. The lowest BCUT2D eigenvalue weighted by molar-refractivity contribution is -0.112. The maximum Gasteiger partial charge on any atom is 0.130 e. The first-order valence-electron chi connectivity index (χ1n) is 6.70. The van der Waals surface area contributed by atoms with E-state index in [1.54, 1.807) is 18.2 Å². The van der Waals surface area contributed by atoms with E-state index in [-0.39, 0.29) is 5.75 Å². The number of carbonyl (C=O) groups is 1. The van der Waals surface area contributed by atoms with Crippen molar-refractivity contribution in [3.8, 4) is 5.75 Å². The molecule has 0 aliphatic carbocycles. The lowest BCUT2D eigenvalue weighted by atomic mass is 9.80. The summed E-state index contributed by atoms with van der Waals surface area (Å²) in [6, 6.07) is 6.97. The van der Waals surface area contributed by atoms with Crippen molar-refractivity contribution in [2.24, 2.45) is 0 Å². The van der Waals surface area contributed by atoms with E-state index < -0.39 is 5.41 Å². The molecule has 1 atom stereocenters. The van der Waals surface area contributed by atoms with Crippen molar-refractivity contribution in [2.75, 3.05) is 32.8 Å². The third-order valence-corrected chi connectivity index (χ3v) is 3.82. The number of carbonyl (C=O) groups excluding carboxylic acids is 1. The molecule has 19 heavy (non-hydrogen) atoms. The minimum Gasteiger partial charge on any atom is -0.508 e. The third kappa shape index (κ3) is 3.55. The lowest BCUT2D eigenvalue weighted by Gasteiger charge is -2.31. The highest BCUT2D eigenvalue weighted by molar-refractivity contribution is 5.68. The van der Waals surface area contributed by atoms with Crippen LogP contribution >= 0.6 is 0 Å². The molecule has 1 saturated heterocycles. The van der Waals surface area contributed by atoms with Gasteiger partial charge in [-0.15, -0.1) is 0 Å². The van der Waals surface area contributed by atoms with E-state index in [1.165, 1.54) is 0 Å². The minimum absolute atomic E-state index is 0.206. The van der Waals surface area contributed by atoms with Gasteiger partial charge in [0.2, 0.25) is 0 Å². The molecule has 104 valence electrons. The fourth-order valence-corrected chi connectivity index (χ4v) is 2.35. The SMILES string of the molecule is CC(C=O)(CCN1CCOCC1)c1cccc(O)c1. The van der Waals surface area contributed by atoms with Crippen molar-refractivity contribution in [3.63, 3.8) is 0 Å². The molecule has 1 aliphatic rings. The Balaban J connectivity index is 2.03. The Bertz CT molecular complexity index is 429. The van der Waals surface area contributed by atoms with Crippen LogP contribution in [0.1, 0.15) is 18.9 Å². The van der Waals surface area contributed by atoms with Crippen LogP contribution in [0.15, 0.2) is 24.3 Å². The van der Waals surface area contributed by atoms with Crippen molar-refractivity contribution in [1.82, 2.24) is 4.90 Å². The average molecular weight is 263 g/mol. The van der Waals surface area contributed by atoms with E-state index in [2.05, 4.69) is 4.90 Å². The van der Waals surface area contributed by atoms with Crippen LogP contribution in [0.4, 0.5) is 0 Å². The Morgan fingerprint density at radius 2 is 2.16 bits per heavy atom. The van der Waals surface area contributed by atoms with Gasteiger partial charge in [0, 0.05) is 18.5 Å². The first kappa shape index (κ1) is 14.0. The van der Waals surface area contributed by atoms with Crippen molar-refractivity contribution < 1.29 is 14.6 Å². The molecule has 4 heteroatoms. The van der Waals surface area contributed by atoms with Crippen molar-refractivity contribution >= 4 is 6.29 Å². The largest absolute Gasteiger partial charge is 0.508 e. The van der Waals surface area contributed by atoms with Crippen LogP contribution in [-0.4, -0.2) is 49.1 Å². The normalized spacial score (nSPS) is 19.8. The molecule has 1 aromatic carbocycles. The topological polar surface area (TPSA) is 49.8 Å². The van der Waals surface area contributed by atoms with Gasteiger partial charge in [0.15, 0.2) is 0 Å². The van der Waals surface area contributed by atoms with Crippen LogP contribution in [-0.2, 0) is 14.9 Å².